The first kappa shape index (κ1) is 15.9. The Hall–Kier alpha value is -0.150. The summed E-state index contributed by atoms with van der Waals surface area (Å²) in [5, 5.41) is 0. The van der Waals surface area contributed by atoms with E-state index in [2.05, 4.69) is 6.92 Å². The summed E-state index contributed by atoms with van der Waals surface area (Å²) in [6.07, 6.45) is -6.79. The summed E-state index contributed by atoms with van der Waals surface area (Å²) in [5.74, 6) is -19.1. The molecule has 0 aromatic carbocycles. The van der Waals surface area contributed by atoms with Gasteiger partial charge in [0.1, 0.15) is 0 Å². The van der Waals surface area contributed by atoms with Gasteiger partial charge in [-0.2, -0.15) is 39.5 Å². The minimum absolute atomic E-state index is 1.75. The number of halogens is 10. The van der Waals surface area contributed by atoms with Gasteiger partial charge in [-0.15, -0.1) is 0 Å². The highest BCUT2D eigenvalue weighted by molar-refractivity contribution is 9.09. The summed E-state index contributed by atoms with van der Waals surface area (Å²) in [7, 11) is 0. The van der Waals surface area contributed by atoms with Crippen LogP contribution >= 0.6 is 15.9 Å². The molecule has 1 unspecified atom stereocenters. The average molecular weight is 326 g/mol. The van der Waals surface area contributed by atoms with Crippen LogP contribution in [0, 0.1) is 6.92 Å². The Morgan fingerprint density at radius 3 is 1.25 bits per heavy atom. The van der Waals surface area contributed by atoms with Crippen molar-refractivity contribution in [3.8, 4) is 0 Å². The Labute approximate surface area is 91.9 Å². The smallest absolute Gasteiger partial charge is 0.198 e. The molecule has 97 valence electrons. The standard InChI is InChI=1S/C6H3BrF9/c1-2(7)3(8,9)4(10,11)5(12,13)6(14,15)16/h2H,1H2. The normalized spacial score (nSPS) is 17.4. The molecule has 0 amide bonds. The predicted octanol–water partition coefficient (Wildman–Crippen LogP) is 4.05. The van der Waals surface area contributed by atoms with E-state index in [1.54, 1.807) is 15.9 Å². The number of rotatable bonds is 3. The molecule has 1 atom stereocenters. The van der Waals surface area contributed by atoms with Crippen molar-refractivity contribution in [2.75, 3.05) is 0 Å². The van der Waals surface area contributed by atoms with Gasteiger partial charge >= 0.3 is 23.9 Å². The van der Waals surface area contributed by atoms with Crippen LogP contribution in [0.15, 0.2) is 0 Å². The third-order valence-corrected chi connectivity index (χ3v) is 2.14. The van der Waals surface area contributed by atoms with Crippen molar-refractivity contribution >= 4 is 15.9 Å². The molecule has 0 fully saturated rings. The van der Waals surface area contributed by atoms with Crippen LogP contribution < -0.4 is 0 Å². The molecule has 16 heavy (non-hydrogen) atoms. The van der Waals surface area contributed by atoms with Gasteiger partial charge in [0.05, 0.1) is 4.83 Å². The van der Waals surface area contributed by atoms with Crippen LogP contribution in [0.5, 0.6) is 0 Å². The summed E-state index contributed by atoms with van der Waals surface area (Å²) < 4.78 is 109. The molecule has 0 saturated carbocycles. The third kappa shape index (κ3) is 2.12. The fraction of sp³-hybridized carbons (Fsp3) is 0.833. The first-order valence-corrected chi connectivity index (χ1v) is 4.28. The molecule has 0 saturated heterocycles. The second-order valence-corrected chi connectivity index (χ2v) is 3.84. The van der Waals surface area contributed by atoms with E-state index in [1.165, 1.54) is 0 Å². The molecule has 0 aliphatic heterocycles. The van der Waals surface area contributed by atoms with Crippen molar-refractivity contribution in [3.05, 3.63) is 6.92 Å². The van der Waals surface area contributed by atoms with Crippen molar-refractivity contribution in [3.63, 3.8) is 0 Å². The topological polar surface area (TPSA) is 0 Å². The largest absolute Gasteiger partial charge is 0.460 e. The number of hydrogen-bond donors (Lipinski definition) is 0. The van der Waals surface area contributed by atoms with Gasteiger partial charge in [-0.05, 0) is 6.92 Å². The zero-order valence-electron chi connectivity index (χ0n) is 7.06. The first-order valence-electron chi connectivity index (χ1n) is 3.37. The maximum absolute atomic E-state index is 12.5. The molecule has 0 bridgehead atoms. The molecule has 0 rings (SSSR count). The molecular formula is C6H3BrF9. The summed E-state index contributed by atoms with van der Waals surface area (Å²) in [6, 6.07) is 0. The van der Waals surface area contributed by atoms with Crippen LogP contribution in [-0.4, -0.2) is 28.8 Å². The van der Waals surface area contributed by atoms with E-state index in [-0.39, 0.29) is 0 Å². The van der Waals surface area contributed by atoms with E-state index >= 15 is 0 Å². The van der Waals surface area contributed by atoms with Crippen LogP contribution in [0.4, 0.5) is 39.5 Å². The quantitative estimate of drug-likeness (QED) is 0.542. The minimum atomic E-state index is -6.85. The molecule has 0 heterocycles. The Balaban J connectivity index is 5.53. The van der Waals surface area contributed by atoms with Crippen LogP contribution in [0.25, 0.3) is 0 Å². The van der Waals surface area contributed by atoms with E-state index in [1.807, 2.05) is 0 Å². The Kier molecular flexibility index (Phi) is 3.91. The third-order valence-electron chi connectivity index (χ3n) is 1.56. The van der Waals surface area contributed by atoms with E-state index in [0.717, 1.165) is 0 Å². The van der Waals surface area contributed by atoms with Crippen LogP contribution in [0.3, 0.4) is 0 Å². The summed E-state index contributed by atoms with van der Waals surface area (Å²) in [4.78, 5) is -2.80. The van der Waals surface area contributed by atoms with Gasteiger partial charge in [0.15, 0.2) is 0 Å². The van der Waals surface area contributed by atoms with Gasteiger partial charge < -0.3 is 0 Å². The molecule has 0 aliphatic carbocycles. The van der Waals surface area contributed by atoms with Crippen molar-refractivity contribution in [1.82, 2.24) is 0 Å². The molecule has 0 nitrogen and oxygen atoms in total. The molecular weight excluding hydrogens is 323 g/mol. The Bertz CT molecular complexity index is 253. The summed E-state index contributed by atoms with van der Waals surface area (Å²) in [5.41, 5.74) is 0. The second-order valence-electron chi connectivity index (χ2n) is 2.74. The molecule has 0 aromatic heterocycles. The minimum Gasteiger partial charge on any atom is -0.198 e. The Morgan fingerprint density at radius 1 is 0.750 bits per heavy atom. The summed E-state index contributed by atoms with van der Waals surface area (Å²) in [6.45, 7) is 2.26. The number of hydrogen-bond acceptors (Lipinski definition) is 0. The van der Waals surface area contributed by atoms with Gasteiger partial charge in [0.25, 0.3) is 0 Å². The first-order chi connectivity index (χ1) is 6.69. The fourth-order valence-electron chi connectivity index (χ4n) is 0.584. The van der Waals surface area contributed by atoms with E-state index in [4.69, 9.17) is 0 Å². The van der Waals surface area contributed by atoms with Crippen molar-refractivity contribution in [2.24, 2.45) is 0 Å². The SMILES string of the molecule is [CH2]C(Br)C(F)(F)C(F)(F)C(F)(F)C(F)(F)F. The highest BCUT2D eigenvalue weighted by Gasteiger charge is 2.82. The molecule has 0 aliphatic rings. The lowest BCUT2D eigenvalue weighted by atomic mass is 10.0. The van der Waals surface area contributed by atoms with Gasteiger partial charge in [-0.3, -0.25) is 0 Å². The van der Waals surface area contributed by atoms with Crippen LogP contribution in [0.1, 0.15) is 0 Å². The van der Waals surface area contributed by atoms with Gasteiger partial charge in [-0.1, -0.05) is 15.9 Å². The van der Waals surface area contributed by atoms with E-state index in [0.29, 0.717) is 0 Å². The highest BCUT2D eigenvalue weighted by atomic mass is 79.9. The lowest BCUT2D eigenvalue weighted by molar-refractivity contribution is -0.394. The van der Waals surface area contributed by atoms with E-state index in [9.17, 15) is 39.5 Å². The van der Waals surface area contributed by atoms with E-state index < -0.39 is 28.8 Å². The fourth-order valence-corrected chi connectivity index (χ4v) is 0.872. The van der Waals surface area contributed by atoms with Gasteiger partial charge in [-0.25, -0.2) is 0 Å². The lowest BCUT2D eigenvalue weighted by Gasteiger charge is -2.34. The predicted molar refractivity (Wildman–Crippen MR) is 39.0 cm³/mol. The molecule has 10 heteroatoms. The maximum atomic E-state index is 12.5. The average Bonchev–Trinajstić information content (AvgIpc) is 2.00. The molecule has 0 aromatic rings. The molecule has 0 spiro atoms. The lowest BCUT2D eigenvalue weighted by Crippen LogP contribution is -2.63. The second kappa shape index (κ2) is 3.95. The van der Waals surface area contributed by atoms with Crippen LogP contribution in [0.2, 0.25) is 0 Å². The highest BCUT2D eigenvalue weighted by Crippen LogP contribution is 2.54. The maximum Gasteiger partial charge on any atom is 0.460 e. The Morgan fingerprint density at radius 2 is 1.06 bits per heavy atom. The van der Waals surface area contributed by atoms with Crippen LogP contribution in [-0.2, 0) is 0 Å². The zero-order chi connectivity index (χ0) is 13.6. The van der Waals surface area contributed by atoms with Crippen molar-refractivity contribution in [2.45, 2.75) is 28.8 Å². The summed E-state index contributed by atoms with van der Waals surface area (Å²) >= 11 is 1.75. The van der Waals surface area contributed by atoms with Crippen molar-refractivity contribution < 1.29 is 39.5 Å². The molecule has 1 radical (unpaired) electrons. The van der Waals surface area contributed by atoms with Crippen molar-refractivity contribution in [1.29, 1.82) is 0 Å². The monoisotopic (exact) mass is 325 g/mol. The molecule has 0 N–H and O–H groups in total. The van der Waals surface area contributed by atoms with Gasteiger partial charge in [0.2, 0.25) is 0 Å². The van der Waals surface area contributed by atoms with Gasteiger partial charge in [0, 0.05) is 0 Å². The zero-order valence-corrected chi connectivity index (χ0v) is 8.65. The number of alkyl halides is 10.